The van der Waals surface area contributed by atoms with Crippen molar-refractivity contribution in [3.63, 3.8) is 0 Å². The van der Waals surface area contributed by atoms with E-state index in [1.54, 1.807) is 7.05 Å². The van der Waals surface area contributed by atoms with Gasteiger partial charge >= 0.3 is 0 Å². The summed E-state index contributed by atoms with van der Waals surface area (Å²) in [6.07, 6.45) is 7.28. The van der Waals surface area contributed by atoms with Crippen LogP contribution in [-0.4, -0.2) is 48.3 Å². The van der Waals surface area contributed by atoms with E-state index in [1.165, 1.54) is 36.6 Å². The van der Waals surface area contributed by atoms with Gasteiger partial charge in [0.2, 0.25) is 0 Å². The van der Waals surface area contributed by atoms with Gasteiger partial charge in [0.25, 0.3) is 10.0 Å². The van der Waals surface area contributed by atoms with Gasteiger partial charge in [0.05, 0.1) is 11.2 Å². The van der Waals surface area contributed by atoms with Gasteiger partial charge in [-0.3, -0.25) is 9.58 Å². The molecule has 2 aliphatic rings. The van der Waals surface area contributed by atoms with Crippen molar-refractivity contribution >= 4 is 21.6 Å². The lowest BCUT2D eigenvalue weighted by Gasteiger charge is -2.23. The zero-order valence-electron chi connectivity index (χ0n) is 12.1. The molecule has 118 valence electrons. The highest BCUT2D eigenvalue weighted by Crippen LogP contribution is 2.27. The Kier molecular flexibility index (Phi) is 4.27. The van der Waals surface area contributed by atoms with E-state index in [9.17, 15) is 8.42 Å². The van der Waals surface area contributed by atoms with Crippen LogP contribution in [0.3, 0.4) is 0 Å². The van der Waals surface area contributed by atoms with Crippen LogP contribution in [0.25, 0.3) is 0 Å². The van der Waals surface area contributed by atoms with Crippen molar-refractivity contribution in [1.82, 2.24) is 19.4 Å². The standard InChI is InChI=1S/C13H21ClN4O2S/c1-17-13(12(14)8-15-17)21(19,20)16-10-6-7-18(9-10)11-4-2-3-5-11/h8,10-11,16H,2-7,9H2,1H3. The molecule has 1 aliphatic heterocycles. The first-order valence-electron chi connectivity index (χ1n) is 7.41. The van der Waals surface area contributed by atoms with E-state index in [4.69, 9.17) is 11.6 Å². The second-order valence-electron chi connectivity index (χ2n) is 5.96. The number of nitrogens with zero attached hydrogens (tertiary/aromatic N) is 3. The average molecular weight is 333 g/mol. The van der Waals surface area contributed by atoms with Gasteiger partial charge in [0, 0.05) is 32.2 Å². The Bertz CT molecular complexity index is 590. The fourth-order valence-corrected chi connectivity index (χ4v) is 5.38. The third-order valence-corrected chi connectivity index (χ3v) is 6.51. The van der Waals surface area contributed by atoms with Crippen molar-refractivity contribution in [2.75, 3.05) is 13.1 Å². The maximum Gasteiger partial charge on any atom is 0.259 e. The van der Waals surface area contributed by atoms with Crippen LogP contribution in [0, 0.1) is 0 Å². The summed E-state index contributed by atoms with van der Waals surface area (Å²) in [6.45, 7) is 1.76. The molecule has 1 atom stereocenters. The Morgan fingerprint density at radius 1 is 1.33 bits per heavy atom. The second kappa shape index (κ2) is 5.87. The molecule has 1 saturated heterocycles. The first-order chi connectivity index (χ1) is 9.97. The van der Waals surface area contributed by atoms with Crippen LogP contribution in [0.1, 0.15) is 32.1 Å². The van der Waals surface area contributed by atoms with Gasteiger partial charge in [-0.1, -0.05) is 24.4 Å². The molecule has 1 aliphatic carbocycles. The number of nitrogens with one attached hydrogen (secondary N) is 1. The van der Waals surface area contributed by atoms with Crippen molar-refractivity contribution in [2.24, 2.45) is 7.05 Å². The van der Waals surface area contributed by atoms with Crippen LogP contribution in [0.2, 0.25) is 5.02 Å². The summed E-state index contributed by atoms with van der Waals surface area (Å²) < 4.78 is 29.0. The van der Waals surface area contributed by atoms with Crippen LogP contribution in [0.4, 0.5) is 0 Å². The van der Waals surface area contributed by atoms with Gasteiger partial charge in [-0.15, -0.1) is 0 Å². The number of hydrogen-bond acceptors (Lipinski definition) is 4. The van der Waals surface area contributed by atoms with Gasteiger partial charge < -0.3 is 0 Å². The molecule has 0 bridgehead atoms. The summed E-state index contributed by atoms with van der Waals surface area (Å²) in [5.41, 5.74) is 0. The van der Waals surface area contributed by atoms with Crippen LogP contribution in [0.15, 0.2) is 11.2 Å². The first-order valence-corrected chi connectivity index (χ1v) is 9.27. The predicted octanol–water partition coefficient (Wildman–Crippen LogP) is 1.37. The Balaban J connectivity index is 1.67. The molecule has 3 rings (SSSR count). The Morgan fingerprint density at radius 3 is 2.67 bits per heavy atom. The molecule has 0 aromatic carbocycles. The number of hydrogen-bond donors (Lipinski definition) is 1. The number of likely N-dealkylation sites (tertiary alicyclic amines) is 1. The zero-order valence-corrected chi connectivity index (χ0v) is 13.7. The van der Waals surface area contributed by atoms with Gasteiger partial charge in [0.1, 0.15) is 0 Å². The lowest BCUT2D eigenvalue weighted by Crippen LogP contribution is -2.39. The first kappa shape index (κ1) is 15.3. The van der Waals surface area contributed by atoms with Crippen LogP contribution >= 0.6 is 11.6 Å². The molecule has 1 aromatic rings. The fraction of sp³-hybridized carbons (Fsp3) is 0.769. The van der Waals surface area contributed by atoms with E-state index >= 15 is 0 Å². The molecule has 0 spiro atoms. The smallest absolute Gasteiger partial charge is 0.259 e. The Morgan fingerprint density at radius 2 is 2.05 bits per heavy atom. The monoisotopic (exact) mass is 332 g/mol. The normalized spacial score (nSPS) is 25.0. The van der Waals surface area contributed by atoms with Crippen molar-refractivity contribution in [3.8, 4) is 0 Å². The van der Waals surface area contributed by atoms with Crippen molar-refractivity contribution in [3.05, 3.63) is 11.2 Å². The molecule has 1 N–H and O–H groups in total. The summed E-state index contributed by atoms with van der Waals surface area (Å²) in [4.78, 5) is 2.42. The van der Waals surface area contributed by atoms with Crippen molar-refractivity contribution < 1.29 is 8.42 Å². The second-order valence-corrected chi connectivity index (χ2v) is 8.00. The number of halogens is 1. The molecule has 2 heterocycles. The topological polar surface area (TPSA) is 67.2 Å². The maximum atomic E-state index is 12.4. The summed E-state index contributed by atoms with van der Waals surface area (Å²) in [6, 6.07) is 0.598. The highest BCUT2D eigenvalue weighted by molar-refractivity contribution is 7.89. The van der Waals surface area contributed by atoms with E-state index < -0.39 is 10.0 Å². The number of rotatable bonds is 4. The van der Waals surface area contributed by atoms with Gasteiger partial charge in [-0.25, -0.2) is 13.1 Å². The minimum absolute atomic E-state index is 0.0402. The molecule has 0 radical (unpaired) electrons. The molecule has 21 heavy (non-hydrogen) atoms. The average Bonchev–Trinajstić information content (AvgIpc) is 3.09. The Hall–Kier alpha value is -0.630. The van der Waals surface area contributed by atoms with Gasteiger partial charge in [-0.2, -0.15) is 5.10 Å². The van der Waals surface area contributed by atoms with E-state index in [1.807, 2.05) is 0 Å². The van der Waals surface area contributed by atoms with Gasteiger partial charge in [0.15, 0.2) is 5.03 Å². The summed E-state index contributed by atoms with van der Waals surface area (Å²) in [7, 11) is -2.03. The summed E-state index contributed by atoms with van der Waals surface area (Å²) in [5.74, 6) is 0. The number of aromatic nitrogens is 2. The lowest BCUT2D eigenvalue weighted by molar-refractivity contribution is 0.242. The van der Waals surface area contributed by atoms with Crippen molar-refractivity contribution in [1.29, 1.82) is 0 Å². The highest BCUT2D eigenvalue weighted by Gasteiger charge is 2.33. The molecule has 1 aromatic heterocycles. The predicted molar refractivity (Wildman–Crippen MR) is 80.8 cm³/mol. The number of sulfonamides is 1. The minimum atomic E-state index is -3.62. The molecule has 0 amide bonds. The quantitative estimate of drug-likeness (QED) is 0.904. The Labute approximate surface area is 130 Å². The molecule has 1 unspecified atom stereocenters. The lowest BCUT2D eigenvalue weighted by atomic mass is 10.2. The molecule has 8 heteroatoms. The maximum absolute atomic E-state index is 12.4. The van der Waals surface area contributed by atoms with E-state index in [0.717, 1.165) is 19.5 Å². The molecule has 6 nitrogen and oxygen atoms in total. The largest absolute Gasteiger partial charge is 0.299 e. The van der Waals surface area contributed by atoms with Gasteiger partial charge in [-0.05, 0) is 19.3 Å². The SMILES string of the molecule is Cn1ncc(Cl)c1S(=O)(=O)NC1CCN(C2CCCC2)C1. The summed E-state index contributed by atoms with van der Waals surface area (Å²) in [5, 5.41) is 4.10. The summed E-state index contributed by atoms with van der Waals surface area (Å²) >= 11 is 5.93. The zero-order chi connectivity index (χ0) is 15.0. The fourth-order valence-electron chi connectivity index (χ4n) is 3.46. The molecular formula is C13H21ClN4O2S. The highest BCUT2D eigenvalue weighted by atomic mass is 35.5. The van der Waals surface area contributed by atoms with E-state index in [0.29, 0.717) is 6.04 Å². The molecule has 1 saturated carbocycles. The minimum Gasteiger partial charge on any atom is -0.299 e. The van der Waals surface area contributed by atoms with Crippen LogP contribution in [0.5, 0.6) is 0 Å². The molecular weight excluding hydrogens is 312 g/mol. The third kappa shape index (κ3) is 3.11. The van der Waals surface area contributed by atoms with E-state index in [-0.39, 0.29) is 16.1 Å². The van der Waals surface area contributed by atoms with E-state index in [2.05, 4.69) is 14.7 Å². The molecule has 2 fully saturated rings. The van der Waals surface area contributed by atoms with Crippen LogP contribution < -0.4 is 4.72 Å². The van der Waals surface area contributed by atoms with Crippen LogP contribution in [-0.2, 0) is 17.1 Å². The third-order valence-electron chi connectivity index (χ3n) is 4.48. The van der Waals surface area contributed by atoms with Crippen molar-refractivity contribution in [2.45, 2.75) is 49.2 Å². The number of aryl methyl sites for hydroxylation is 1.